The smallest absolute Gasteiger partial charge is 0.303 e. The summed E-state index contributed by atoms with van der Waals surface area (Å²) in [4.78, 5) is 38.1. The van der Waals surface area contributed by atoms with Crippen molar-refractivity contribution in [2.75, 3.05) is 0 Å². The standard InChI is InChI=1S/C31H50O5/c1-19(2)9-8-10-20(3)25-11-12-26-24-17-28(34)31(36-22(5)33)18-23(35-21(4)32)13-16-30(31,7)27(24)14-15-29(25,26)6/h19-20,23-27H,8-18H2,1-7H3/t20?,23-,24?,25?,26+,27+,29-,30-,31+/m1/s1. The average molecular weight is 503 g/mol. The van der Waals surface area contributed by atoms with Gasteiger partial charge in [-0.2, -0.15) is 0 Å². The van der Waals surface area contributed by atoms with E-state index < -0.39 is 17.0 Å². The number of esters is 2. The summed E-state index contributed by atoms with van der Waals surface area (Å²) in [5.74, 6) is 2.84. The molecule has 4 aliphatic rings. The van der Waals surface area contributed by atoms with Crippen LogP contribution in [-0.4, -0.2) is 29.4 Å². The van der Waals surface area contributed by atoms with E-state index in [-0.39, 0.29) is 17.9 Å². The Morgan fingerprint density at radius 1 is 0.944 bits per heavy atom. The van der Waals surface area contributed by atoms with Gasteiger partial charge in [-0.05, 0) is 79.4 Å². The molecule has 0 amide bonds. The zero-order chi connectivity index (χ0) is 26.5. The molecule has 4 saturated carbocycles. The summed E-state index contributed by atoms with van der Waals surface area (Å²) in [7, 11) is 0. The van der Waals surface area contributed by atoms with Crippen LogP contribution in [0.2, 0.25) is 0 Å². The summed E-state index contributed by atoms with van der Waals surface area (Å²) in [5.41, 5.74) is -1.28. The normalized spacial score (nSPS) is 42.8. The van der Waals surface area contributed by atoms with Crippen molar-refractivity contribution in [2.24, 2.45) is 46.3 Å². The molecule has 0 aliphatic heterocycles. The van der Waals surface area contributed by atoms with Crippen molar-refractivity contribution in [3.8, 4) is 0 Å². The highest BCUT2D eigenvalue weighted by Crippen LogP contribution is 2.69. The summed E-state index contributed by atoms with van der Waals surface area (Å²) >= 11 is 0. The molecule has 0 saturated heterocycles. The van der Waals surface area contributed by atoms with Gasteiger partial charge in [0.05, 0.1) is 0 Å². The second kappa shape index (κ2) is 10.1. The maximum atomic E-state index is 14.1. The third-order valence-corrected chi connectivity index (χ3v) is 11.4. The maximum Gasteiger partial charge on any atom is 0.303 e. The van der Waals surface area contributed by atoms with Gasteiger partial charge in [0, 0.05) is 32.1 Å². The molecule has 0 aromatic carbocycles. The summed E-state index contributed by atoms with van der Waals surface area (Å²) in [6, 6.07) is 0. The lowest BCUT2D eigenvalue weighted by atomic mass is 9.42. The molecular weight excluding hydrogens is 452 g/mol. The van der Waals surface area contributed by atoms with Crippen LogP contribution >= 0.6 is 0 Å². The van der Waals surface area contributed by atoms with Crippen LogP contribution in [0.1, 0.15) is 119 Å². The average Bonchev–Trinajstić information content (AvgIpc) is 3.12. The summed E-state index contributed by atoms with van der Waals surface area (Å²) < 4.78 is 11.6. The quantitative estimate of drug-likeness (QED) is 0.354. The summed E-state index contributed by atoms with van der Waals surface area (Å²) in [5, 5.41) is 0. The van der Waals surface area contributed by atoms with E-state index in [1.807, 2.05) is 0 Å². The van der Waals surface area contributed by atoms with Gasteiger partial charge in [-0.3, -0.25) is 14.4 Å². The molecule has 36 heavy (non-hydrogen) atoms. The molecule has 9 atom stereocenters. The Balaban J connectivity index is 1.59. The molecule has 5 heteroatoms. The molecule has 204 valence electrons. The SMILES string of the molecule is CC(=O)O[C@@H]1CC[C@]2(C)[C@H]3CC[C@]4(C)C(C(C)CCCC(C)C)CC[C@H]4C3CC(=O)[C@@]2(OC(C)=O)C1. The van der Waals surface area contributed by atoms with Crippen LogP contribution in [0.15, 0.2) is 0 Å². The fraction of sp³-hybridized carbons (Fsp3) is 0.903. The zero-order valence-corrected chi connectivity index (χ0v) is 23.9. The lowest BCUT2D eigenvalue weighted by Crippen LogP contribution is -2.68. The third kappa shape index (κ3) is 4.55. The predicted octanol–water partition coefficient (Wildman–Crippen LogP) is 6.90. The number of fused-ring (bicyclic) bond motifs is 5. The van der Waals surface area contributed by atoms with Crippen LogP contribution in [0.25, 0.3) is 0 Å². The van der Waals surface area contributed by atoms with Gasteiger partial charge in [0.15, 0.2) is 11.4 Å². The topological polar surface area (TPSA) is 69.7 Å². The first-order valence-corrected chi connectivity index (χ1v) is 14.7. The van der Waals surface area contributed by atoms with Crippen LogP contribution in [0, 0.1) is 46.3 Å². The van der Waals surface area contributed by atoms with Crippen LogP contribution in [0.3, 0.4) is 0 Å². The van der Waals surface area contributed by atoms with Crippen molar-refractivity contribution in [3.63, 3.8) is 0 Å². The Labute approximate surface area is 218 Å². The first-order chi connectivity index (χ1) is 16.8. The number of rotatable bonds is 7. The third-order valence-electron chi connectivity index (χ3n) is 11.4. The summed E-state index contributed by atoms with van der Waals surface area (Å²) in [6.45, 7) is 14.7. The second-order valence-electron chi connectivity index (χ2n) is 13.8. The van der Waals surface area contributed by atoms with Gasteiger partial charge in [-0.1, -0.05) is 53.9 Å². The molecule has 4 aliphatic carbocycles. The molecule has 4 rings (SSSR count). The lowest BCUT2D eigenvalue weighted by molar-refractivity contribution is -0.230. The number of ketones is 1. The predicted molar refractivity (Wildman–Crippen MR) is 140 cm³/mol. The monoisotopic (exact) mass is 502 g/mol. The molecule has 0 spiro atoms. The minimum absolute atomic E-state index is 0.0657. The van der Waals surface area contributed by atoms with Crippen LogP contribution in [0.5, 0.6) is 0 Å². The number of hydrogen-bond acceptors (Lipinski definition) is 5. The molecule has 3 unspecified atom stereocenters. The molecular formula is C31H50O5. The Morgan fingerprint density at radius 2 is 1.67 bits per heavy atom. The molecule has 0 heterocycles. The Bertz CT molecular complexity index is 865. The highest BCUT2D eigenvalue weighted by Gasteiger charge is 2.70. The van der Waals surface area contributed by atoms with Crippen molar-refractivity contribution in [3.05, 3.63) is 0 Å². The number of carbonyl (C=O) groups is 3. The van der Waals surface area contributed by atoms with Crippen molar-refractivity contribution >= 4 is 17.7 Å². The lowest BCUT2D eigenvalue weighted by Gasteiger charge is -2.63. The van der Waals surface area contributed by atoms with E-state index in [0.717, 1.165) is 37.0 Å². The van der Waals surface area contributed by atoms with Gasteiger partial charge in [0.25, 0.3) is 0 Å². The first kappa shape index (κ1) is 27.6. The molecule has 0 N–H and O–H groups in total. The largest absolute Gasteiger partial charge is 0.462 e. The summed E-state index contributed by atoms with van der Waals surface area (Å²) in [6.07, 6.45) is 10.6. The van der Waals surface area contributed by atoms with E-state index in [2.05, 4.69) is 34.6 Å². The van der Waals surface area contributed by atoms with Gasteiger partial charge in [0.2, 0.25) is 0 Å². The van der Waals surface area contributed by atoms with Crippen molar-refractivity contribution in [2.45, 2.75) is 131 Å². The molecule has 0 aromatic heterocycles. The van der Waals surface area contributed by atoms with Gasteiger partial charge >= 0.3 is 11.9 Å². The molecule has 4 fully saturated rings. The molecule has 5 nitrogen and oxygen atoms in total. The van der Waals surface area contributed by atoms with E-state index in [1.54, 1.807) is 0 Å². The highest BCUT2D eigenvalue weighted by atomic mass is 16.6. The fourth-order valence-electron chi connectivity index (χ4n) is 9.80. The van der Waals surface area contributed by atoms with Crippen molar-refractivity contribution in [1.29, 1.82) is 0 Å². The van der Waals surface area contributed by atoms with Gasteiger partial charge in [-0.25, -0.2) is 0 Å². The van der Waals surface area contributed by atoms with Crippen LogP contribution in [0.4, 0.5) is 0 Å². The first-order valence-electron chi connectivity index (χ1n) is 14.7. The zero-order valence-electron chi connectivity index (χ0n) is 23.9. The van der Waals surface area contributed by atoms with E-state index in [4.69, 9.17) is 9.47 Å². The number of Topliss-reactive ketones (excluding diaryl/α,β-unsaturated/α-hetero) is 1. The van der Waals surface area contributed by atoms with E-state index in [0.29, 0.717) is 36.0 Å². The maximum absolute atomic E-state index is 14.1. The minimum atomic E-state index is -1.17. The van der Waals surface area contributed by atoms with Crippen LogP contribution < -0.4 is 0 Å². The van der Waals surface area contributed by atoms with Crippen molar-refractivity contribution in [1.82, 2.24) is 0 Å². The second-order valence-corrected chi connectivity index (χ2v) is 13.8. The van der Waals surface area contributed by atoms with E-state index in [1.165, 1.54) is 52.4 Å². The number of carbonyl (C=O) groups excluding carboxylic acids is 3. The Kier molecular flexibility index (Phi) is 7.72. The Morgan fingerprint density at radius 3 is 2.31 bits per heavy atom. The van der Waals surface area contributed by atoms with E-state index in [9.17, 15) is 14.4 Å². The van der Waals surface area contributed by atoms with Gasteiger partial charge in [0.1, 0.15) is 6.10 Å². The minimum Gasteiger partial charge on any atom is -0.462 e. The van der Waals surface area contributed by atoms with E-state index >= 15 is 0 Å². The van der Waals surface area contributed by atoms with Gasteiger partial charge in [-0.15, -0.1) is 0 Å². The molecule has 0 radical (unpaired) electrons. The number of hydrogen-bond donors (Lipinski definition) is 0. The highest BCUT2D eigenvalue weighted by molar-refractivity contribution is 5.92. The molecule has 0 aromatic rings. The van der Waals surface area contributed by atoms with Gasteiger partial charge < -0.3 is 9.47 Å². The number of ether oxygens (including phenoxy) is 2. The fourth-order valence-corrected chi connectivity index (χ4v) is 9.80. The van der Waals surface area contributed by atoms with Crippen molar-refractivity contribution < 1.29 is 23.9 Å². The Hall–Kier alpha value is -1.39. The van der Waals surface area contributed by atoms with Crippen LogP contribution in [-0.2, 0) is 23.9 Å². The molecule has 0 bridgehead atoms.